The van der Waals surface area contributed by atoms with Gasteiger partial charge in [0.25, 0.3) is 5.91 Å². The van der Waals surface area contributed by atoms with Crippen LogP contribution in [-0.2, 0) is 0 Å². The number of carbonyl (C=O) groups excluding carboxylic acids is 1. The molecule has 1 aliphatic heterocycles. The first-order valence-electron chi connectivity index (χ1n) is 6.83. The first kappa shape index (κ1) is 14.7. The van der Waals surface area contributed by atoms with Crippen molar-refractivity contribution in [2.45, 2.75) is 12.8 Å². The summed E-state index contributed by atoms with van der Waals surface area (Å²) in [5.41, 5.74) is 5.42. The maximum absolute atomic E-state index is 13.8. The van der Waals surface area contributed by atoms with Crippen molar-refractivity contribution in [3.63, 3.8) is 0 Å². The molecule has 110 valence electrons. The van der Waals surface area contributed by atoms with Gasteiger partial charge in [-0.1, -0.05) is 0 Å². The van der Waals surface area contributed by atoms with Crippen molar-refractivity contribution >= 4 is 11.7 Å². The van der Waals surface area contributed by atoms with Gasteiger partial charge in [0.05, 0.1) is 5.56 Å². The quantitative estimate of drug-likeness (QED) is 0.904. The van der Waals surface area contributed by atoms with Crippen LogP contribution in [0.15, 0.2) is 12.3 Å². The lowest BCUT2D eigenvalue weighted by molar-refractivity contribution is 0.0673. The summed E-state index contributed by atoms with van der Waals surface area (Å²) in [5.74, 6) is -0.632. The summed E-state index contributed by atoms with van der Waals surface area (Å²) < 4.78 is 13.8. The molecule has 0 radical (unpaired) electrons. The molecular weight excluding hydrogens is 259 g/mol. The molecule has 1 aromatic heterocycles. The summed E-state index contributed by atoms with van der Waals surface area (Å²) in [6.07, 6.45) is 3.27. The molecule has 2 N–H and O–H groups in total. The van der Waals surface area contributed by atoms with E-state index in [0.717, 1.165) is 19.4 Å². The Morgan fingerprint density at radius 2 is 2.15 bits per heavy atom. The summed E-state index contributed by atoms with van der Waals surface area (Å²) in [5, 5.41) is 0. The molecule has 0 unspecified atom stereocenters. The molecule has 2 heterocycles. The lowest BCUT2D eigenvalue weighted by Gasteiger charge is -2.33. The first-order chi connectivity index (χ1) is 9.49. The van der Waals surface area contributed by atoms with Crippen LogP contribution in [-0.4, -0.2) is 54.4 Å². The first-order valence-corrected chi connectivity index (χ1v) is 6.83. The predicted molar refractivity (Wildman–Crippen MR) is 75.8 cm³/mol. The van der Waals surface area contributed by atoms with Gasteiger partial charge in [0.2, 0.25) is 0 Å². The van der Waals surface area contributed by atoms with Crippen LogP contribution in [0.5, 0.6) is 0 Å². The summed E-state index contributed by atoms with van der Waals surface area (Å²) in [6.45, 7) is 2.36. The zero-order valence-corrected chi connectivity index (χ0v) is 12.0. The molecule has 0 aliphatic carbocycles. The number of pyridine rings is 1. The van der Waals surface area contributed by atoms with Crippen molar-refractivity contribution in [1.82, 2.24) is 14.8 Å². The van der Waals surface area contributed by atoms with Crippen molar-refractivity contribution in [2.24, 2.45) is 5.92 Å². The number of amides is 1. The summed E-state index contributed by atoms with van der Waals surface area (Å²) in [7, 11) is 4.10. The molecule has 0 atom stereocenters. The Kier molecular flexibility index (Phi) is 4.54. The number of hydrogen-bond acceptors (Lipinski definition) is 4. The Bertz CT molecular complexity index is 484. The number of anilines is 1. The Labute approximate surface area is 118 Å². The van der Waals surface area contributed by atoms with E-state index in [1.807, 2.05) is 14.1 Å². The van der Waals surface area contributed by atoms with Gasteiger partial charge in [0.15, 0.2) is 11.6 Å². The maximum Gasteiger partial charge on any atom is 0.257 e. The van der Waals surface area contributed by atoms with Gasteiger partial charge in [0.1, 0.15) is 0 Å². The smallest absolute Gasteiger partial charge is 0.257 e. The van der Waals surface area contributed by atoms with E-state index < -0.39 is 5.82 Å². The number of halogens is 1. The third-order valence-corrected chi connectivity index (χ3v) is 3.67. The summed E-state index contributed by atoms with van der Waals surface area (Å²) in [6, 6.07) is 1.39. The van der Waals surface area contributed by atoms with Crippen LogP contribution >= 0.6 is 0 Å². The van der Waals surface area contributed by atoms with Crippen molar-refractivity contribution in [3.05, 3.63) is 23.6 Å². The number of rotatable bonds is 3. The molecule has 0 saturated carbocycles. The molecule has 0 spiro atoms. The molecule has 1 fully saturated rings. The second kappa shape index (κ2) is 6.17. The molecule has 1 aliphatic rings. The van der Waals surface area contributed by atoms with Gasteiger partial charge in [-0.15, -0.1) is 0 Å². The summed E-state index contributed by atoms with van der Waals surface area (Å²) in [4.78, 5) is 19.8. The Balaban J connectivity index is 2.00. The van der Waals surface area contributed by atoms with Gasteiger partial charge >= 0.3 is 0 Å². The van der Waals surface area contributed by atoms with E-state index in [9.17, 15) is 9.18 Å². The number of hydrogen-bond donors (Lipinski definition) is 1. The minimum Gasteiger partial charge on any atom is -0.381 e. The zero-order valence-electron chi connectivity index (χ0n) is 12.0. The number of piperidine rings is 1. The minimum atomic E-state index is -0.715. The van der Waals surface area contributed by atoms with Crippen molar-refractivity contribution < 1.29 is 9.18 Å². The number of nitrogen functional groups attached to an aromatic ring is 1. The van der Waals surface area contributed by atoms with E-state index in [1.165, 1.54) is 12.3 Å². The fraction of sp³-hybridized carbons (Fsp3) is 0.571. The average Bonchev–Trinajstić information content (AvgIpc) is 2.41. The van der Waals surface area contributed by atoms with Crippen LogP contribution in [0.25, 0.3) is 0 Å². The predicted octanol–water partition coefficient (Wildman–Crippen LogP) is 1.22. The highest BCUT2D eigenvalue weighted by atomic mass is 19.1. The molecular formula is C14H21FN4O. The van der Waals surface area contributed by atoms with Crippen molar-refractivity contribution in [1.29, 1.82) is 0 Å². The van der Waals surface area contributed by atoms with Crippen LogP contribution in [0.3, 0.4) is 0 Å². The number of nitrogens with two attached hydrogens (primary N) is 1. The third kappa shape index (κ3) is 3.25. The maximum atomic E-state index is 13.8. The summed E-state index contributed by atoms with van der Waals surface area (Å²) >= 11 is 0. The highest BCUT2D eigenvalue weighted by Crippen LogP contribution is 2.21. The van der Waals surface area contributed by atoms with E-state index >= 15 is 0 Å². The fourth-order valence-corrected chi connectivity index (χ4v) is 2.63. The van der Waals surface area contributed by atoms with E-state index in [-0.39, 0.29) is 17.3 Å². The van der Waals surface area contributed by atoms with Gasteiger partial charge in [-0.05, 0) is 38.9 Å². The Hall–Kier alpha value is -1.69. The van der Waals surface area contributed by atoms with E-state index in [1.54, 1.807) is 4.90 Å². The molecule has 2 rings (SSSR count). The second-order valence-electron chi connectivity index (χ2n) is 5.56. The highest BCUT2D eigenvalue weighted by Gasteiger charge is 2.26. The molecule has 6 heteroatoms. The van der Waals surface area contributed by atoms with E-state index in [2.05, 4.69) is 9.88 Å². The normalized spacial score (nSPS) is 16.7. The van der Waals surface area contributed by atoms with Gasteiger partial charge in [-0.25, -0.2) is 9.37 Å². The lowest BCUT2D eigenvalue weighted by Crippen LogP contribution is -2.41. The zero-order chi connectivity index (χ0) is 14.7. The van der Waals surface area contributed by atoms with Crippen LogP contribution < -0.4 is 5.73 Å². The third-order valence-electron chi connectivity index (χ3n) is 3.67. The lowest BCUT2D eigenvalue weighted by atomic mass is 9.96. The minimum absolute atomic E-state index is 0.0172. The number of likely N-dealkylation sites (tertiary alicyclic amines) is 1. The van der Waals surface area contributed by atoms with Crippen LogP contribution in [0, 0.1) is 11.7 Å². The fourth-order valence-electron chi connectivity index (χ4n) is 2.63. The molecule has 0 aromatic carbocycles. The molecule has 1 saturated heterocycles. The number of carbonyl (C=O) groups is 1. The monoisotopic (exact) mass is 280 g/mol. The van der Waals surface area contributed by atoms with Gasteiger partial charge in [0, 0.05) is 25.8 Å². The Morgan fingerprint density at radius 3 is 2.75 bits per heavy atom. The molecule has 0 bridgehead atoms. The topological polar surface area (TPSA) is 62.5 Å². The highest BCUT2D eigenvalue weighted by molar-refractivity contribution is 5.95. The van der Waals surface area contributed by atoms with E-state index in [4.69, 9.17) is 5.73 Å². The van der Waals surface area contributed by atoms with Gasteiger partial charge in [-0.3, -0.25) is 4.79 Å². The van der Waals surface area contributed by atoms with Crippen LogP contribution in [0.2, 0.25) is 0 Å². The van der Waals surface area contributed by atoms with Crippen LogP contribution in [0.4, 0.5) is 10.2 Å². The molecule has 1 aromatic rings. The van der Waals surface area contributed by atoms with Crippen LogP contribution in [0.1, 0.15) is 23.2 Å². The standard InChI is InChI=1S/C14H21FN4O/c1-18(2)9-10-4-7-19(8-5-10)14(20)11-3-6-17-13(16)12(11)15/h3,6,10H,4-5,7-9H2,1-2H3,(H2,16,17). The second-order valence-corrected chi connectivity index (χ2v) is 5.56. The van der Waals surface area contributed by atoms with E-state index in [0.29, 0.717) is 19.0 Å². The Morgan fingerprint density at radius 1 is 1.50 bits per heavy atom. The van der Waals surface area contributed by atoms with Gasteiger partial charge < -0.3 is 15.5 Å². The van der Waals surface area contributed by atoms with Crippen molar-refractivity contribution in [2.75, 3.05) is 39.5 Å². The number of nitrogens with zero attached hydrogens (tertiary/aromatic N) is 3. The largest absolute Gasteiger partial charge is 0.381 e. The molecule has 1 amide bonds. The average molecular weight is 280 g/mol. The molecule has 20 heavy (non-hydrogen) atoms. The van der Waals surface area contributed by atoms with Crippen molar-refractivity contribution in [3.8, 4) is 0 Å². The van der Waals surface area contributed by atoms with Gasteiger partial charge in [-0.2, -0.15) is 0 Å². The molecule has 5 nitrogen and oxygen atoms in total. The number of aromatic nitrogens is 1. The SMILES string of the molecule is CN(C)CC1CCN(C(=O)c2ccnc(N)c2F)CC1.